The van der Waals surface area contributed by atoms with Gasteiger partial charge in [0.2, 0.25) is 11.8 Å². The zero-order chi connectivity index (χ0) is 20.5. The highest BCUT2D eigenvalue weighted by atomic mass is 32.1. The summed E-state index contributed by atoms with van der Waals surface area (Å²) in [5, 5.41) is 5.57. The van der Waals surface area contributed by atoms with Crippen LogP contribution in [0.15, 0.2) is 48.5 Å². The highest BCUT2D eigenvalue weighted by Gasteiger charge is 2.31. The standard InChI is InChI=1S/C21H16FN3O3S/c1-11(26)19-18(12-5-3-2-4-6-12)24-21(29-19)25-20(28)15-10-17(27)23-16-9-13(22)7-8-14(15)16/h2-9,15H,10H2,1H3,(H,23,27)(H,24,25,28)/t15-/m1/s1. The van der Waals surface area contributed by atoms with Gasteiger partial charge in [0.05, 0.1) is 16.5 Å². The molecule has 2 aromatic carbocycles. The van der Waals surface area contributed by atoms with Gasteiger partial charge in [0.15, 0.2) is 10.9 Å². The fourth-order valence-electron chi connectivity index (χ4n) is 3.27. The molecular formula is C21H16FN3O3S. The molecule has 29 heavy (non-hydrogen) atoms. The first kappa shape index (κ1) is 18.9. The van der Waals surface area contributed by atoms with Gasteiger partial charge in [0, 0.05) is 24.6 Å². The Kier molecular flexibility index (Phi) is 4.94. The number of aromatic nitrogens is 1. The summed E-state index contributed by atoms with van der Waals surface area (Å²) in [6, 6.07) is 13.2. The van der Waals surface area contributed by atoms with E-state index in [9.17, 15) is 18.8 Å². The van der Waals surface area contributed by atoms with Crippen LogP contribution in [-0.4, -0.2) is 22.6 Å². The van der Waals surface area contributed by atoms with Gasteiger partial charge in [0.25, 0.3) is 0 Å². The van der Waals surface area contributed by atoms with Gasteiger partial charge in [-0.15, -0.1) is 0 Å². The van der Waals surface area contributed by atoms with Crippen LogP contribution >= 0.6 is 11.3 Å². The lowest BCUT2D eigenvalue weighted by molar-refractivity contribution is -0.123. The number of nitrogens with one attached hydrogen (secondary N) is 2. The van der Waals surface area contributed by atoms with E-state index in [0.29, 0.717) is 16.1 Å². The molecule has 0 unspecified atom stereocenters. The van der Waals surface area contributed by atoms with Gasteiger partial charge in [-0.3, -0.25) is 14.4 Å². The molecular weight excluding hydrogens is 393 g/mol. The third-order valence-corrected chi connectivity index (χ3v) is 5.67. The second-order valence-electron chi connectivity index (χ2n) is 6.64. The number of nitrogens with zero attached hydrogens (tertiary/aromatic N) is 1. The molecule has 0 spiro atoms. The molecule has 4 rings (SSSR count). The summed E-state index contributed by atoms with van der Waals surface area (Å²) in [6.45, 7) is 1.45. The molecule has 8 heteroatoms. The average Bonchev–Trinajstić information content (AvgIpc) is 3.11. The maximum Gasteiger partial charge on any atom is 0.234 e. The molecule has 1 atom stereocenters. The predicted octanol–water partition coefficient (Wildman–Crippen LogP) is 4.22. The molecule has 2 amide bonds. The van der Waals surface area contributed by atoms with E-state index in [2.05, 4.69) is 15.6 Å². The Bertz CT molecular complexity index is 1130. The number of hydrogen-bond acceptors (Lipinski definition) is 5. The Labute approximate surface area is 169 Å². The highest BCUT2D eigenvalue weighted by molar-refractivity contribution is 7.18. The SMILES string of the molecule is CC(=O)c1sc(NC(=O)[C@@H]2CC(=O)Nc3cc(F)ccc32)nc1-c1ccccc1. The van der Waals surface area contributed by atoms with Crippen LogP contribution in [0.25, 0.3) is 11.3 Å². The lowest BCUT2D eigenvalue weighted by Gasteiger charge is -2.24. The number of amides is 2. The van der Waals surface area contributed by atoms with Gasteiger partial charge in [-0.1, -0.05) is 47.7 Å². The summed E-state index contributed by atoms with van der Waals surface area (Å²) in [7, 11) is 0. The lowest BCUT2D eigenvalue weighted by atomic mass is 9.90. The van der Waals surface area contributed by atoms with E-state index < -0.39 is 17.6 Å². The normalized spacial score (nSPS) is 15.4. The van der Waals surface area contributed by atoms with Crippen LogP contribution in [0.4, 0.5) is 15.2 Å². The van der Waals surface area contributed by atoms with Crippen molar-refractivity contribution in [1.29, 1.82) is 0 Å². The summed E-state index contributed by atoms with van der Waals surface area (Å²) >= 11 is 1.09. The first-order valence-electron chi connectivity index (χ1n) is 8.89. The zero-order valence-electron chi connectivity index (χ0n) is 15.4. The molecule has 0 aliphatic carbocycles. The number of thiazole rings is 1. The predicted molar refractivity (Wildman–Crippen MR) is 109 cm³/mol. The van der Waals surface area contributed by atoms with Crippen molar-refractivity contribution in [2.45, 2.75) is 19.3 Å². The molecule has 0 saturated heterocycles. The number of halogens is 1. The van der Waals surface area contributed by atoms with Gasteiger partial charge in [-0.2, -0.15) is 0 Å². The van der Waals surface area contributed by atoms with Gasteiger partial charge >= 0.3 is 0 Å². The maximum absolute atomic E-state index is 13.5. The fourth-order valence-corrected chi connectivity index (χ4v) is 4.15. The number of Topliss-reactive ketones (excluding diaryl/α,β-unsaturated/α-hetero) is 1. The average molecular weight is 409 g/mol. The molecule has 1 aliphatic rings. The molecule has 1 aliphatic heterocycles. The van der Waals surface area contributed by atoms with E-state index in [-0.39, 0.29) is 28.9 Å². The lowest BCUT2D eigenvalue weighted by Crippen LogP contribution is -2.30. The zero-order valence-corrected chi connectivity index (χ0v) is 16.2. The number of anilines is 2. The van der Waals surface area contributed by atoms with Crippen molar-refractivity contribution >= 4 is 39.8 Å². The Balaban J connectivity index is 1.64. The van der Waals surface area contributed by atoms with Gasteiger partial charge in [-0.25, -0.2) is 9.37 Å². The van der Waals surface area contributed by atoms with E-state index in [1.54, 1.807) is 0 Å². The monoisotopic (exact) mass is 409 g/mol. The van der Waals surface area contributed by atoms with E-state index in [1.807, 2.05) is 30.3 Å². The number of fused-ring (bicyclic) bond motifs is 1. The van der Waals surface area contributed by atoms with Crippen LogP contribution in [0.1, 0.15) is 34.5 Å². The first-order valence-corrected chi connectivity index (χ1v) is 9.71. The molecule has 3 aromatic rings. The minimum absolute atomic E-state index is 0.0546. The van der Waals surface area contributed by atoms with E-state index in [0.717, 1.165) is 16.9 Å². The summed E-state index contributed by atoms with van der Waals surface area (Å²) in [5.41, 5.74) is 2.10. The number of carbonyl (C=O) groups excluding carboxylic acids is 3. The van der Waals surface area contributed by atoms with Crippen LogP contribution < -0.4 is 10.6 Å². The van der Waals surface area contributed by atoms with Crippen LogP contribution in [0.3, 0.4) is 0 Å². The van der Waals surface area contributed by atoms with Crippen LogP contribution in [0.5, 0.6) is 0 Å². The molecule has 1 aromatic heterocycles. The summed E-state index contributed by atoms with van der Waals surface area (Å²) in [6.07, 6.45) is -0.0546. The maximum atomic E-state index is 13.5. The Morgan fingerprint density at radius 3 is 2.69 bits per heavy atom. The molecule has 2 heterocycles. The van der Waals surface area contributed by atoms with Crippen molar-refractivity contribution in [2.75, 3.05) is 10.6 Å². The van der Waals surface area contributed by atoms with Crippen LogP contribution in [0, 0.1) is 5.82 Å². The number of carbonyl (C=O) groups is 3. The van der Waals surface area contributed by atoms with Crippen molar-refractivity contribution in [1.82, 2.24) is 4.98 Å². The fraction of sp³-hybridized carbons (Fsp3) is 0.143. The third-order valence-electron chi connectivity index (χ3n) is 4.60. The topological polar surface area (TPSA) is 88.2 Å². The molecule has 0 saturated carbocycles. The Morgan fingerprint density at radius 1 is 1.21 bits per heavy atom. The van der Waals surface area contributed by atoms with E-state index in [4.69, 9.17) is 0 Å². The number of benzene rings is 2. The quantitative estimate of drug-likeness (QED) is 0.632. The minimum Gasteiger partial charge on any atom is -0.326 e. The number of ketones is 1. The van der Waals surface area contributed by atoms with Crippen molar-refractivity contribution in [3.63, 3.8) is 0 Å². The second kappa shape index (κ2) is 7.56. The van der Waals surface area contributed by atoms with E-state index in [1.165, 1.54) is 25.1 Å². The van der Waals surface area contributed by atoms with Crippen LogP contribution in [0.2, 0.25) is 0 Å². The Hall–Kier alpha value is -3.39. The summed E-state index contributed by atoms with van der Waals surface area (Å²) < 4.78 is 13.5. The van der Waals surface area contributed by atoms with Crippen molar-refractivity contribution in [3.8, 4) is 11.3 Å². The number of hydrogen-bond donors (Lipinski definition) is 2. The molecule has 0 fully saturated rings. The number of rotatable bonds is 4. The van der Waals surface area contributed by atoms with E-state index >= 15 is 0 Å². The highest BCUT2D eigenvalue weighted by Crippen LogP contribution is 2.35. The first-order chi connectivity index (χ1) is 13.9. The Morgan fingerprint density at radius 2 is 1.97 bits per heavy atom. The molecule has 0 bridgehead atoms. The van der Waals surface area contributed by atoms with Crippen LogP contribution in [-0.2, 0) is 9.59 Å². The molecule has 146 valence electrons. The van der Waals surface area contributed by atoms with Gasteiger partial charge in [-0.05, 0) is 17.7 Å². The smallest absolute Gasteiger partial charge is 0.234 e. The summed E-state index contributed by atoms with van der Waals surface area (Å²) in [4.78, 5) is 41.8. The van der Waals surface area contributed by atoms with Crippen molar-refractivity contribution in [2.24, 2.45) is 0 Å². The largest absolute Gasteiger partial charge is 0.326 e. The second-order valence-corrected chi connectivity index (χ2v) is 7.64. The van der Waals surface area contributed by atoms with Crippen molar-refractivity contribution < 1.29 is 18.8 Å². The molecule has 0 radical (unpaired) electrons. The van der Waals surface area contributed by atoms with Crippen molar-refractivity contribution in [3.05, 3.63) is 64.8 Å². The summed E-state index contributed by atoms with van der Waals surface area (Å²) in [5.74, 6) is -2.22. The van der Waals surface area contributed by atoms with Gasteiger partial charge in [0.1, 0.15) is 5.82 Å². The molecule has 2 N–H and O–H groups in total. The third kappa shape index (κ3) is 3.79. The van der Waals surface area contributed by atoms with Gasteiger partial charge < -0.3 is 10.6 Å². The molecule has 6 nitrogen and oxygen atoms in total. The minimum atomic E-state index is -0.774.